The van der Waals surface area contributed by atoms with Crippen molar-refractivity contribution in [3.63, 3.8) is 0 Å². The van der Waals surface area contributed by atoms with Gasteiger partial charge in [0.2, 0.25) is 0 Å². The molecule has 2 aromatic heterocycles. The molecule has 1 saturated heterocycles. The molecule has 3 heterocycles. The fourth-order valence-electron chi connectivity index (χ4n) is 4.43. The van der Waals surface area contributed by atoms with Gasteiger partial charge in [-0.25, -0.2) is 0 Å². The smallest absolute Gasteiger partial charge is 0.320 e. The Bertz CT molecular complexity index is 980. The van der Waals surface area contributed by atoms with Crippen LogP contribution < -0.4 is 15.0 Å². The van der Waals surface area contributed by atoms with Gasteiger partial charge in [-0.2, -0.15) is 9.97 Å². The maximum absolute atomic E-state index is 5.99. The number of nitrogens with zero attached hydrogens (tertiary/aromatic N) is 4. The highest BCUT2D eigenvalue weighted by atomic mass is 16.5. The Balaban J connectivity index is 1.46. The Morgan fingerprint density at radius 1 is 1.29 bits per heavy atom. The predicted octanol–water partition coefficient (Wildman–Crippen LogP) is 4.36. The van der Waals surface area contributed by atoms with Gasteiger partial charge in [0.15, 0.2) is 0 Å². The molecule has 0 bridgehead atoms. The number of allylic oxidation sites excluding steroid dienone is 1. The lowest BCUT2D eigenvalue weighted by Gasteiger charge is -2.26. The van der Waals surface area contributed by atoms with Crippen molar-refractivity contribution in [2.24, 2.45) is 0 Å². The topological polar surface area (TPSA) is 78.5 Å². The van der Waals surface area contributed by atoms with Gasteiger partial charge in [0.1, 0.15) is 18.2 Å². The average Bonchev–Trinajstić information content (AvgIpc) is 3.27. The summed E-state index contributed by atoms with van der Waals surface area (Å²) in [6.45, 7) is 13.3. The van der Waals surface area contributed by atoms with Crippen LogP contribution in [0.1, 0.15) is 56.4 Å². The lowest BCUT2D eigenvalue weighted by molar-refractivity contribution is 0.0317. The van der Waals surface area contributed by atoms with Crippen LogP contribution in [0, 0.1) is 0 Å². The number of ether oxygens (including phenoxy) is 2. The quantitative estimate of drug-likeness (QED) is 0.510. The summed E-state index contributed by atoms with van der Waals surface area (Å²) in [7, 11) is 0. The zero-order valence-corrected chi connectivity index (χ0v) is 20.7. The van der Waals surface area contributed by atoms with Gasteiger partial charge >= 0.3 is 6.01 Å². The summed E-state index contributed by atoms with van der Waals surface area (Å²) in [5, 5.41) is 3.34. The highest BCUT2D eigenvalue weighted by Gasteiger charge is 2.16. The van der Waals surface area contributed by atoms with E-state index in [9.17, 15) is 0 Å². The Hall–Kier alpha value is -2.84. The van der Waals surface area contributed by atoms with Crippen molar-refractivity contribution in [3.8, 4) is 6.01 Å². The first-order chi connectivity index (χ1) is 16.7. The maximum atomic E-state index is 5.99. The molecule has 2 N–H and O–H groups in total. The second-order valence-electron chi connectivity index (χ2n) is 8.86. The zero-order valence-electron chi connectivity index (χ0n) is 20.7. The lowest BCUT2D eigenvalue weighted by atomic mass is 9.93. The van der Waals surface area contributed by atoms with E-state index in [-0.39, 0.29) is 0 Å². The molecular formula is C26H38N6O2. The largest absolute Gasteiger partial charge is 0.462 e. The first-order valence-corrected chi connectivity index (χ1v) is 12.6. The molecule has 184 valence electrons. The zero-order chi connectivity index (χ0) is 23.8. The number of anilines is 2. The van der Waals surface area contributed by atoms with E-state index >= 15 is 0 Å². The third-order valence-corrected chi connectivity index (χ3v) is 6.38. The number of nitrogens with one attached hydrogen (secondary N) is 2. The van der Waals surface area contributed by atoms with E-state index in [1.807, 2.05) is 12.3 Å². The summed E-state index contributed by atoms with van der Waals surface area (Å²) in [6.07, 6.45) is 12.7. The van der Waals surface area contributed by atoms with Gasteiger partial charge < -0.3 is 24.7 Å². The summed E-state index contributed by atoms with van der Waals surface area (Å²) in [5.74, 6) is 2.13. The van der Waals surface area contributed by atoms with Crippen molar-refractivity contribution >= 4 is 23.8 Å². The molecule has 1 aliphatic heterocycles. The van der Waals surface area contributed by atoms with Crippen LogP contribution in [0.4, 0.5) is 11.6 Å². The van der Waals surface area contributed by atoms with Gasteiger partial charge in [-0.05, 0) is 25.8 Å². The van der Waals surface area contributed by atoms with E-state index in [0.717, 1.165) is 70.4 Å². The average molecular weight is 467 g/mol. The number of morpholine rings is 1. The molecule has 2 aliphatic rings. The summed E-state index contributed by atoms with van der Waals surface area (Å²) in [4.78, 5) is 17.4. The normalized spacial score (nSPS) is 18.3. The first kappa shape index (κ1) is 24.3. The molecule has 2 aromatic rings. The lowest BCUT2D eigenvalue weighted by Crippen LogP contribution is -2.38. The first-order valence-electron chi connectivity index (χ1n) is 12.6. The van der Waals surface area contributed by atoms with Crippen LogP contribution in [-0.2, 0) is 4.74 Å². The number of rotatable bonds is 11. The van der Waals surface area contributed by atoms with E-state index < -0.39 is 0 Å². The molecule has 0 radical (unpaired) electrons. The van der Waals surface area contributed by atoms with Crippen LogP contribution in [0.5, 0.6) is 6.01 Å². The number of H-pyrrole nitrogens is 1. The van der Waals surface area contributed by atoms with Crippen LogP contribution in [0.3, 0.4) is 0 Å². The minimum atomic E-state index is 0.409. The molecule has 4 rings (SSSR count). The minimum Gasteiger partial charge on any atom is -0.462 e. The number of hydrogen-bond acceptors (Lipinski definition) is 7. The molecule has 34 heavy (non-hydrogen) atoms. The fourth-order valence-corrected chi connectivity index (χ4v) is 4.43. The molecule has 0 saturated carbocycles. The minimum absolute atomic E-state index is 0.409. The van der Waals surface area contributed by atoms with Crippen LogP contribution in [-0.4, -0.2) is 72.4 Å². The van der Waals surface area contributed by atoms with Crippen molar-refractivity contribution in [3.05, 3.63) is 41.4 Å². The van der Waals surface area contributed by atoms with Crippen molar-refractivity contribution in [2.45, 2.75) is 39.5 Å². The number of aromatic nitrogens is 3. The van der Waals surface area contributed by atoms with E-state index in [1.54, 1.807) is 0 Å². The number of hydrogen-bond donors (Lipinski definition) is 2. The molecule has 0 amide bonds. The highest BCUT2D eigenvalue weighted by molar-refractivity contribution is 5.70. The van der Waals surface area contributed by atoms with Gasteiger partial charge in [0.05, 0.1) is 13.2 Å². The summed E-state index contributed by atoms with van der Waals surface area (Å²) >= 11 is 0. The Labute approximate surface area is 203 Å². The third kappa shape index (κ3) is 6.18. The Kier molecular flexibility index (Phi) is 8.60. The molecule has 8 heteroatoms. The van der Waals surface area contributed by atoms with Crippen LogP contribution in [0.15, 0.2) is 24.5 Å². The number of aromatic amines is 1. The van der Waals surface area contributed by atoms with E-state index in [1.165, 1.54) is 16.8 Å². The van der Waals surface area contributed by atoms with Crippen LogP contribution >= 0.6 is 0 Å². The van der Waals surface area contributed by atoms with Gasteiger partial charge in [0.25, 0.3) is 0 Å². The second-order valence-corrected chi connectivity index (χ2v) is 8.86. The van der Waals surface area contributed by atoms with Crippen molar-refractivity contribution < 1.29 is 9.47 Å². The van der Waals surface area contributed by atoms with Gasteiger partial charge in [-0.3, -0.25) is 4.90 Å². The highest BCUT2D eigenvalue weighted by Crippen LogP contribution is 2.31. The second kappa shape index (κ2) is 12.0. The molecule has 1 aliphatic carbocycles. The standard InChI is InChI=1S/C26H38N6O2/c1-4-11-32(5-2)24-18-23(29-26(30-24)34-17-14-31-12-15-33-16-13-31)27-10-9-21-19-28-25-20(3)7-6-8-22(21)25/h6,8-10,18-20,28H,4-5,7,11-17H2,1-3H3,(H,27,29,30)/b10-9+. The van der Waals surface area contributed by atoms with Crippen molar-refractivity contribution in [1.82, 2.24) is 19.9 Å². The summed E-state index contributed by atoms with van der Waals surface area (Å²) < 4.78 is 11.4. The molecule has 1 fully saturated rings. The van der Waals surface area contributed by atoms with Crippen LogP contribution in [0.25, 0.3) is 12.2 Å². The third-order valence-electron chi connectivity index (χ3n) is 6.38. The molecular weight excluding hydrogens is 428 g/mol. The molecule has 8 nitrogen and oxygen atoms in total. The Morgan fingerprint density at radius 3 is 2.94 bits per heavy atom. The van der Waals surface area contributed by atoms with E-state index in [2.05, 4.69) is 70.3 Å². The van der Waals surface area contributed by atoms with Crippen molar-refractivity contribution in [1.29, 1.82) is 0 Å². The van der Waals surface area contributed by atoms with Crippen molar-refractivity contribution in [2.75, 3.05) is 62.8 Å². The van der Waals surface area contributed by atoms with Gasteiger partial charge in [-0.15, -0.1) is 0 Å². The van der Waals surface area contributed by atoms with Gasteiger partial charge in [-0.1, -0.05) is 26.0 Å². The fraction of sp³-hybridized carbons (Fsp3) is 0.538. The van der Waals surface area contributed by atoms with E-state index in [4.69, 9.17) is 14.5 Å². The summed E-state index contributed by atoms with van der Waals surface area (Å²) in [6, 6.07) is 2.40. The predicted molar refractivity (Wildman–Crippen MR) is 138 cm³/mol. The van der Waals surface area contributed by atoms with Gasteiger partial charge in [0, 0.05) is 73.9 Å². The molecule has 1 atom stereocenters. The molecule has 0 aromatic carbocycles. The van der Waals surface area contributed by atoms with Crippen LogP contribution in [0.2, 0.25) is 0 Å². The van der Waals surface area contributed by atoms with E-state index in [0.29, 0.717) is 18.5 Å². The number of fused-ring (bicyclic) bond motifs is 1. The molecule has 1 unspecified atom stereocenters. The maximum Gasteiger partial charge on any atom is 0.320 e. The Morgan fingerprint density at radius 2 is 2.15 bits per heavy atom. The monoisotopic (exact) mass is 466 g/mol. The molecule has 0 spiro atoms. The SMILES string of the molecule is CCCN(CC)c1cc(N/C=C/c2c[nH]c3c2C=CCC3C)nc(OCCN2CCOCC2)n1. The summed E-state index contributed by atoms with van der Waals surface area (Å²) in [5.41, 5.74) is 3.75.